The number of hydrogen-bond donors (Lipinski definition) is 2. The highest BCUT2D eigenvalue weighted by molar-refractivity contribution is 5.70. The maximum absolute atomic E-state index is 10.8. The molecule has 1 heterocycles. The van der Waals surface area contributed by atoms with Crippen LogP contribution >= 0.6 is 0 Å². The average Bonchev–Trinajstić information content (AvgIpc) is 2.38. The molecule has 1 aliphatic rings. The molecule has 4 nitrogen and oxygen atoms in total. The number of nitrogens with one attached hydrogen (secondary N) is 1. The average molecular weight is 263 g/mol. The van der Waals surface area contributed by atoms with E-state index < -0.39 is 5.97 Å². The Balaban J connectivity index is 2.00. The highest BCUT2D eigenvalue weighted by Crippen LogP contribution is 2.19. The first kappa shape index (κ1) is 14.0. The van der Waals surface area contributed by atoms with Crippen molar-refractivity contribution in [3.63, 3.8) is 0 Å². The van der Waals surface area contributed by atoms with E-state index in [0.29, 0.717) is 13.2 Å². The zero-order valence-corrected chi connectivity index (χ0v) is 11.3. The molecule has 1 aromatic carbocycles. The van der Waals surface area contributed by atoms with E-state index in [1.807, 2.05) is 24.3 Å². The molecule has 0 bridgehead atoms. The molecule has 1 fully saturated rings. The van der Waals surface area contributed by atoms with Gasteiger partial charge in [-0.15, -0.1) is 0 Å². The molecule has 0 spiro atoms. The molecule has 4 heteroatoms. The van der Waals surface area contributed by atoms with Crippen LogP contribution in [0.3, 0.4) is 0 Å². The van der Waals surface area contributed by atoms with Crippen LogP contribution in [0.25, 0.3) is 0 Å². The first-order valence-electron chi connectivity index (χ1n) is 6.70. The maximum Gasteiger partial charge on any atom is 0.307 e. The van der Waals surface area contributed by atoms with Gasteiger partial charge in [0.05, 0.1) is 13.0 Å². The molecule has 1 aromatic rings. The van der Waals surface area contributed by atoms with Gasteiger partial charge in [0.1, 0.15) is 0 Å². The Bertz CT molecular complexity index is 439. The predicted octanol–water partition coefficient (Wildman–Crippen LogP) is 1.97. The van der Waals surface area contributed by atoms with Gasteiger partial charge >= 0.3 is 5.97 Å². The standard InChI is InChI=1S/C15H21NO3/c1-15(7-4-8-19-11-15)16-10-13-6-3-2-5-12(13)9-14(17)18/h2-3,5-6,16H,4,7-11H2,1H3,(H,17,18). The molecule has 2 rings (SSSR count). The Morgan fingerprint density at radius 2 is 2.16 bits per heavy atom. The molecule has 0 aliphatic carbocycles. The molecule has 104 valence electrons. The van der Waals surface area contributed by atoms with Gasteiger partial charge in [0.2, 0.25) is 0 Å². The molecule has 2 N–H and O–H groups in total. The molecule has 0 saturated carbocycles. The zero-order chi connectivity index (χ0) is 13.7. The summed E-state index contributed by atoms with van der Waals surface area (Å²) in [4.78, 5) is 10.8. The summed E-state index contributed by atoms with van der Waals surface area (Å²) < 4.78 is 5.51. The number of ether oxygens (including phenoxy) is 1. The summed E-state index contributed by atoms with van der Waals surface area (Å²) in [5.41, 5.74) is 1.92. The van der Waals surface area contributed by atoms with Crippen LogP contribution < -0.4 is 5.32 Å². The van der Waals surface area contributed by atoms with Crippen LogP contribution in [0.5, 0.6) is 0 Å². The lowest BCUT2D eigenvalue weighted by atomic mass is 9.94. The molecule has 19 heavy (non-hydrogen) atoms. The van der Waals surface area contributed by atoms with Crippen LogP contribution in [-0.2, 0) is 22.5 Å². The van der Waals surface area contributed by atoms with Crippen molar-refractivity contribution >= 4 is 5.97 Å². The van der Waals surface area contributed by atoms with Gasteiger partial charge in [-0.25, -0.2) is 0 Å². The van der Waals surface area contributed by atoms with Crippen molar-refractivity contribution < 1.29 is 14.6 Å². The highest BCUT2D eigenvalue weighted by atomic mass is 16.5. The third-order valence-electron chi connectivity index (χ3n) is 3.60. The monoisotopic (exact) mass is 263 g/mol. The van der Waals surface area contributed by atoms with E-state index in [4.69, 9.17) is 9.84 Å². The lowest BCUT2D eigenvalue weighted by molar-refractivity contribution is -0.136. The van der Waals surface area contributed by atoms with Crippen LogP contribution in [0.15, 0.2) is 24.3 Å². The van der Waals surface area contributed by atoms with Gasteiger partial charge in [-0.2, -0.15) is 0 Å². The second kappa shape index (κ2) is 6.17. The molecule has 1 aliphatic heterocycles. The van der Waals surface area contributed by atoms with Gasteiger partial charge in [-0.1, -0.05) is 24.3 Å². The van der Waals surface area contributed by atoms with E-state index >= 15 is 0 Å². The van der Waals surface area contributed by atoms with Gasteiger partial charge in [-0.05, 0) is 30.9 Å². The maximum atomic E-state index is 10.8. The molecule has 0 amide bonds. The van der Waals surface area contributed by atoms with Crippen molar-refractivity contribution in [3.05, 3.63) is 35.4 Å². The van der Waals surface area contributed by atoms with E-state index in [9.17, 15) is 4.79 Å². The van der Waals surface area contributed by atoms with Gasteiger partial charge < -0.3 is 15.2 Å². The zero-order valence-electron chi connectivity index (χ0n) is 11.3. The van der Waals surface area contributed by atoms with Crippen molar-refractivity contribution in [2.45, 2.75) is 38.3 Å². The first-order valence-corrected chi connectivity index (χ1v) is 6.70. The second-order valence-corrected chi connectivity index (χ2v) is 5.41. The van der Waals surface area contributed by atoms with Gasteiger partial charge in [0, 0.05) is 18.7 Å². The third-order valence-corrected chi connectivity index (χ3v) is 3.60. The quantitative estimate of drug-likeness (QED) is 0.852. The SMILES string of the molecule is CC1(NCc2ccccc2CC(=O)O)CCCOC1. The topological polar surface area (TPSA) is 58.6 Å². The fourth-order valence-corrected chi connectivity index (χ4v) is 2.45. The summed E-state index contributed by atoms with van der Waals surface area (Å²) in [6.45, 7) is 4.40. The minimum Gasteiger partial charge on any atom is -0.481 e. The smallest absolute Gasteiger partial charge is 0.307 e. The van der Waals surface area contributed by atoms with E-state index in [0.717, 1.165) is 30.6 Å². The molecule has 1 saturated heterocycles. The Morgan fingerprint density at radius 1 is 1.42 bits per heavy atom. The minimum absolute atomic E-state index is 0.00537. The van der Waals surface area contributed by atoms with Crippen molar-refractivity contribution in [1.82, 2.24) is 5.32 Å². The van der Waals surface area contributed by atoms with Crippen LogP contribution in [0.1, 0.15) is 30.9 Å². The number of aliphatic carboxylic acids is 1. The summed E-state index contributed by atoms with van der Waals surface area (Å²) in [5.74, 6) is -0.792. The Kier molecular flexibility index (Phi) is 4.56. The van der Waals surface area contributed by atoms with Crippen LogP contribution in [-0.4, -0.2) is 29.8 Å². The number of carboxylic acids is 1. The number of carbonyl (C=O) groups is 1. The molecule has 1 unspecified atom stereocenters. The molecule has 1 atom stereocenters. The van der Waals surface area contributed by atoms with E-state index in [-0.39, 0.29) is 12.0 Å². The number of rotatable bonds is 5. The number of benzene rings is 1. The van der Waals surface area contributed by atoms with Crippen molar-refractivity contribution in [2.24, 2.45) is 0 Å². The Morgan fingerprint density at radius 3 is 2.79 bits per heavy atom. The van der Waals surface area contributed by atoms with E-state index in [1.165, 1.54) is 0 Å². The fourth-order valence-electron chi connectivity index (χ4n) is 2.45. The van der Waals surface area contributed by atoms with Gasteiger partial charge in [-0.3, -0.25) is 4.79 Å². The minimum atomic E-state index is -0.792. The van der Waals surface area contributed by atoms with Crippen LogP contribution in [0.4, 0.5) is 0 Å². The van der Waals surface area contributed by atoms with Crippen LogP contribution in [0.2, 0.25) is 0 Å². The molecular formula is C15H21NO3. The van der Waals surface area contributed by atoms with Gasteiger partial charge in [0.15, 0.2) is 0 Å². The summed E-state index contributed by atoms with van der Waals surface area (Å²) in [6.07, 6.45) is 2.24. The lowest BCUT2D eigenvalue weighted by Crippen LogP contribution is -2.48. The van der Waals surface area contributed by atoms with Crippen molar-refractivity contribution in [1.29, 1.82) is 0 Å². The van der Waals surface area contributed by atoms with E-state index in [2.05, 4.69) is 12.2 Å². The van der Waals surface area contributed by atoms with Crippen molar-refractivity contribution in [2.75, 3.05) is 13.2 Å². The lowest BCUT2D eigenvalue weighted by Gasteiger charge is -2.34. The normalized spacial score (nSPS) is 23.2. The molecule has 0 aromatic heterocycles. The first-order chi connectivity index (χ1) is 9.09. The summed E-state index contributed by atoms with van der Waals surface area (Å²) >= 11 is 0. The second-order valence-electron chi connectivity index (χ2n) is 5.41. The summed E-state index contributed by atoms with van der Waals surface area (Å²) in [5, 5.41) is 12.4. The van der Waals surface area contributed by atoms with Gasteiger partial charge in [0.25, 0.3) is 0 Å². The summed E-state index contributed by atoms with van der Waals surface area (Å²) in [7, 11) is 0. The third kappa shape index (κ3) is 4.04. The summed E-state index contributed by atoms with van der Waals surface area (Å²) in [6, 6.07) is 7.69. The van der Waals surface area contributed by atoms with Crippen molar-refractivity contribution in [3.8, 4) is 0 Å². The Hall–Kier alpha value is -1.39. The number of carboxylic acid groups (broad SMARTS) is 1. The van der Waals surface area contributed by atoms with E-state index in [1.54, 1.807) is 0 Å². The highest BCUT2D eigenvalue weighted by Gasteiger charge is 2.26. The number of hydrogen-bond acceptors (Lipinski definition) is 3. The predicted molar refractivity (Wildman–Crippen MR) is 73.1 cm³/mol. The molecular weight excluding hydrogens is 242 g/mol. The Labute approximate surface area is 113 Å². The largest absolute Gasteiger partial charge is 0.481 e. The molecule has 0 radical (unpaired) electrons. The fraction of sp³-hybridized carbons (Fsp3) is 0.533. The van der Waals surface area contributed by atoms with Crippen LogP contribution in [0, 0.1) is 0 Å².